The Bertz CT molecular complexity index is 925. The Morgan fingerprint density at radius 3 is 2.38 bits per heavy atom. The Balaban J connectivity index is 1.87. The molecule has 0 aliphatic rings. The summed E-state index contributed by atoms with van der Waals surface area (Å²) in [6, 6.07) is 15.9. The smallest absolute Gasteiger partial charge is 0.228 e. The van der Waals surface area contributed by atoms with Crippen LogP contribution in [0.3, 0.4) is 0 Å². The average Bonchev–Trinajstić information content (AvgIpc) is 2.56. The lowest BCUT2D eigenvalue weighted by molar-refractivity contribution is -0.115. The van der Waals surface area contributed by atoms with E-state index < -0.39 is 11.1 Å². The molecule has 1 unspecified atom stereocenters. The van der Waals surface area contributed by atoms with Gasteiger partial charge in [-0.25, -0.2) is 8.60 Å². The van der Waals surface area contributed by atoms with E-state index in [9.17, 15) is 17.9 Å². The highest BCUT2D eigenvalue weighted by Gasteiger charge is 2.11. The van der Waals surface area contributed by atoms with Gasteiger partial charge in [-0.2, -0.15) is 0 Å². The van der Waals surface area contributed by atoms with E-state index >= 15 is 0 Å². The van der Waals surface area contributed by atoms with Crippen molar-refractivity contribution in [2.24, 2.45) is 0 Å². The van der Waals surface area contributed by atoms with Gasteiger partial charge in [-0.3, -0.25) is 4.79 Å². The molecule has 3 rings (SSSR count). The Labute approximate surface area is 140 Å². The fourth-order valence-corrected chi connectivity index (χ4v) is 3.13. The summed E-state index contributed by atoms with van der Waals surface area (Å²) in [5.74, 6) is -0.615. The number of halogens is 1. The van der Waals surface area contributed by atoms with Gasteiger partial charge < -0.3 is 9.87 Å². The van der Waals surface area contributed by atoms with Gasteiger partial charge in [0.2, 0.25) is 5.91 Å². The minimum atomic E-state index is -2.09. The minimum absolute atomic E-state index is 0.107. The largest absolute Gasteiger partial charge is 0.326 e. The second-order valence-electron chi connectivity index (χ2n) is 5.25. The van der Waals surface area contributed by atoms with Crippen LogP contribution in [0.25, 0.3) is 10.8 Å². The number of amides is 1. The fraction of sp³-hybridized carbons (Fsp3) is 0.0556. The first kappa shape index (κ1) is 16.3. The van der Waals surface area contributed by atoms with E-state index in [-0.39, 0.29) is 18.1 Å². The van der Waals surface area contributed by atoms with E-state index in [0.717, 1.165) is 10.9 Å². The van der Waals surface area contributed by atoms with E-state index in [0.29, 0.717) is 16.0 Å². The van der Waals surface area contributed by atoms with Gasteiger partial charge in [-0.1, -0.05) is 30.3 Å². The van der Waals surface area contributed by atoms with Crippen molar-refractivity contribution in [1.82, 2.24) is 0 Å². The number of anilines is 1. The Morgan fingerprint density at radius 1 is 1.00 bits per heavy atom. The highest BCUT2D eigenvalue weighted by atomic mass is 32.2. The van der Waals surface area contributed by atoms with Crippen LogP contribution in [0.2, 0.25) is 0 Å². The maximum absolute atomic E-state index is 12.9. The lowest BCUT2D eigenvalue weighted by Crippen LogP contribution is -2.14. The van der Waals surface area contributed by atoms with Crippen molar-refractivity contribution in [1.29, 1.82) is 0 Å². The van der Waals surface area contributed by atoms with Crippen LogP contribution in [-0.2, 0) is 22.3 Å². The van der Waals surface area contributed by atoms with Gasteiger partial charge in [0, 0.05) is 11.1 Å². The number of carbonyl (C=O) groups is 1. The molecule has 0 aliphatic heterocycles. The molecule has 1 atom stereocenters. The minimum Gasteiger partial charge on any atom is -0.326 e. The van der Waals surface area contributed by atoms with Crippen LogP contribution in [0.1, 0.15) is 5.56 Å². The first-order valence-electron chi connectivity index (χ1n) is 7.21. The molecule has 0 radical (unpaired) electrons. The molecular weight excluding hydrogens is 329 g/mol. The zero-order valence-corrected chi connectivity index (χ0v) is 13.3. The van der Waals surface area contributed by atoms with Gasteiger partial charge in [0.15, 0.2) is 11.1 Å². The molecule has 24 heavy (non-hydrogen) atoms. The Hall–Kier alpha value is -2.57. The molecule has 3 aromatic rings. The number of hydrogen-bond acceptors (Lipinski definition) is 2. The maximum atomic E-state index is 12.9. The van der Waals surface area contributed by atoms with Crippen LogP contribution in [0, 0.1) is 5.82 Å². The molecule has 0 saturated carbocycles. The zero-order valence-electron chi connectivity index (χ0n) is 12.5. The summed E-state index contributed by atoms with van der Waals surface area (Å²) in [7, 11) is 0. The number of benzene rings is 3. The van der Waals surface area contributed by atoms with Gasteiger partial charge in [-0.05, 0) is 41.3 Å². The number of nitrogens with one attached hydrogen (secondary N) is 1. The van der Waals surface area contributed by atoms with Crippen molar-refractivity contribution in [3.8, 4) is 0 Å². The van der Waals surface area contributed by atoms with Crippen molar-refractivity contribution in [3.05, 3.63) is 72.0 Å². The summed E-state index contributed by atoms with van der Waals surface area (Å²) < 4.78 is 33.7. The van der Waals surface area contributed by atoms with Crippen LogP contribution >= 0.6 is 0 Å². The molecule has 0 saturated heterocycles. The topological polar surface area (TPSA) is 66.4 Å². The molecule has 0 aliphatic carbocycles. The van der Waals surface area contributed by atoms with Gasteiger partial charge in [0.25, 0.3) is 0 Å². The lowest BCUT2D eigenvalue weighted by atomic mass is 10.0. The maximum Gasteiger partial charge on any atom is 0.228 e. The summed E-state index contributed by atoms with van der Waals surface area (Å²) in [6.45, 7) is 0. The van der Waals surface area contributed by atoms with Crippen molar-refractivity contribution >= 4 is 33.4 Å². The SMILES string of the molecule is O=C(Cc1cccc2c(S(=O)O)cccc12)Nc1ccc(F)cc1. The first-order chi connectivity index (χ1) is 11.5. The molecule has 0 heterocycles. The normalized spacial score (nSPS) is 12.1. The lowest BCUT2D eigenvalue weighted by Gasteiger charge is -2.09. The molecule has 6 heteroatoms. The van der Waals surface area contributed by atoms with Crippen LogP contribution < -0.4 is 5.32 Å². The third-order valence-electron chi connectivity index (χ3n) is 3.64. The van der Waals surface area contributed by atoms with Gasteiger partial charge in [0.1, 0.15) is 5.82 Å². The Kier molecular flexibility index (Phi) is 4.69. The monoisotopic (exact) mass is 343 g/mol. The summed E-state index contributed by atoms with van der Waals surface area (Å²) in [5.41, 5.74) is 1.26. The van der Waals surface area contributed by atoms with Crippen molar-refractivity contribution in [2.75, 3.05) is 5.32 Å². The summed E-state index contributed by atoms with van der Waals surface area (Å²) in [6.07, 6.45) is 0.107. The van der Waals surface area contributed by atoms with Crippen LogP contribution in [-0.4, -0.2) is 14.7 Å². The van der Waals surface area contributed by atoms with Crippen LogP contribution in [0.5, 0.6) is 0 Å². The second kappa shape index (κ2) is 6.90. The van der Waals surface area contributed by atoms with Gasteiger partial charge >= 0.3 is 0 Å². The first-order valence-corrected chi connectivity index (χ1v) is 8.32. The predicted octanol–water partition coefficient (Wildman–Crippen LogP) is 3.74. The quantitative estimate of drug-likeness (QED) is 0.709. The van der Waals surface area contributed by atoms with E-state index in [1.807, 2.05) is 6.07 Å². The number of hydrogen-bond donors (Lipinski definition) is 2. The molecule has 0 spiro atoms. The zero-order chi connectivity index (χ0) is 17.1. The molecular formula is C18H14FNO3S. The van der Waals surface area contributed by atoms with Gasteiger partial charge in [-0.15, -0.1) is 0 Å². The standard InChI is InChI=1S/C18H14FNO3S/c19-13-7-9-14(10-8-13)20-18(21)11-12-3-1-5-16-15(12)4-2-6-17(16)24(22)23/h1-10H,11H2,(H,20,21)(H,22,23). The van der Waals surface area contributed by atoms with Crippen molar-refractivity contribution < 1.29 is 17.9 Å². The van der Waals surface area contributed by atoms with E-state index in [2.05, 4.69) is 5.32 Å². The molecule has 0 bridgehead atoms. The van der Waals surface area contributed by atoms with E-state index in [4.69, 9.17) is 0 Å². The fourth-order valence-electron chi connectivity index (χ4n) is 2.56. The molecule has 4 nitrogen and oxygen atoms in total. The molecule has 122 valence electrons. The number of fused-ring (bicyclic) bond motifs is 1. The molecule has 1 amide bonds. The van der Waals surface area contributed by atoms with E-state index in [1.54, 1.807) is 30.3 Å². The third-order valence-corrected chi connectivity index (χ3v) is 4.37. The summed E-state index contributed by atoms with van der Waals surface area (Å²) >= 11 is -2.09. The summed E-state index contributed by atoms with van der Waals surface area (Å²) in [5, 5.41) is 4.10. The highest BCUT2D eigenvalue weighted by Crippen LogP contribution is 2.25. The Morgan fingerprint density at radius 2 is 1.67 bits per heavy atom. The molecule has 3 aromatic carbocycles. The highest BCUT2D eigenvalue weighted by molar-refractivity contribution is 7.79. The molecule has 2 N–H and O–H groups in total. The predicted molar refractivity (Wildman–Crippen MR) is 91.7 cm³/mol. The van der Waals surface area contributed by atoms with Crippen molar-refractivity contribution in [3.63, 3.8) is 0 Å². The number of rotatable bonds is 4. The molecule has 0 aromatic heterocycles. The second-order valence-corrected chi connectivity index (χ2v) is 6.19. The molecule has 0 fully saturated rings. The van der Waals surface area contributed by atoms with E-state index in [1.165, 1.54) is 24.3 Å². The third kappa shape index (κ3) is 3.50. The average molecular weight is 343 g/mol. The van der Waals surface area contributed by atoms with Crippen LogP contribution in [0.4, 0.5) is 10.1 Å². The van der Waals surface area contributed by atoms with Gasteiger partial charge in [0.05, 0.1) is 11.3 Å². The van der Waals surface area contributed by atoms with Crippen molar-refractivity contribution in [2.45, 2.75) is 11.3 Å². The summed E-state index contributed by atoms with van der Waals surface area (Å²) in [4.78, 5) is 12.5. The number of carbonyl (C=O) groups excluding carboxylic acids is 1. The van der Waals surface area contributed by atoms with Crippen LogP contribution in [0.15, 0.2) is 65.6 Å².